The molecule has 0 saturated carbocycles. The summed E-state index contributed by atoms with van der Waals surface area (Å²) in [4.78, 5) is 24.3. The maximum absolute atomic E-state index is 11.7. The monoisotopic (exact) mass is 272 g/mol. The molecule has 0 atom stereocenters. The lowest BCUT2D eigenvalue weighted by atomic mass is 10.1. The van der Waals surface area contributed by atoms with Gasteiger partial charge in [-0.2, -0.15) is 0 Å². The number of hydrogen-bond acceptors (Lipinski definition) is 4. The van der Waals surface area contributed by atoms with Crippen LogP contribution < -0.4 is 5.32 Å². The first-order valence-corrected chi connectivity index (χ1v) is 6.41. The minimum Gasteiger partial charge on any atom is -0.294 e. The Kier molecular flexibility index (Phi) is 3.57. The van der Waals surface area contributed by atoms with E-state index in [1.165, 1.54) is 11.3 Å². The van der Waals surface area contributed by atoms with Gasteiger partial charge in [0.15, 0.2) is 0 Å². The van der Waals surface area contributed by atoms with Gasteiger partial charge in [0.05, 0.1) is 10.4 Å². The van der Waals surface area contributed by atoms with E-state index in [0.717, 1.165) is 10.5 Å². The summed E-state index contributed by atoms with van der Waals surface area (Å²) in [6.45, 7) is 5.49. The Labute approximate surface area is 114 Å². The average Bonchev–Trinajstić information content (AvgIpc) is 2.82. The Hall–Kier alpha value is -2.27. The van der Waals surface area contributed by atoms with Crippen LogP contribution >= 0.6 is 11.3 Å². The van der Waals surface area contributed by atoms with Crippen LogP contribution in [0.5, 0.6) is 0 Å². The molecular weight excluding hydrogens is 260 g/mol. The molecule has 2 amide bonds. The molecule has 2 heterocycles. The van der Waals surface area contributed by atoms with E-state index in [1.807, 2.05) is 19.1 Å². The van der Waals surface area contributed by atoms with Crippen LogP contribution in [-0.2, 0) is 4.79 Å². The van der Waals surface area contributed by atoms with E-state index in [4.69, 9.17) is 5.41 Å². The van der Waals surface area contributed by atoms with Crippen molar-refractivity contribution < 1.29 is 9.59 Å². The zero-order chi connectivity index (χ0) is 14.0. The quantitative estimate of drug-likeness (QED) is 0.655. The fraction of sp³-hybridized carbons (Fsp3) is 0.0714. The lowest BCUT2D eigenvalue weighted by Gasteiger charge is -2.10. The Bertz CT molecular complexity index is 650. The summed E-state index contributed by atoms with van der Waals surface area (Å²) in [7, 11) is 0. The number of thiophene rings is 1. The van der Waals surface area contributed by atoms with Crippen molar-refractivity contribution >= 4 is 34.4 Å². The molecule has 0 spiro atoms. The number of nitrogens with one attached hydrogen (secondary N) is 2. The first kappa shape index (κ1) is 13.2. The van der Waals surface area contributed by atoms with Crippen molar-refractivity contribution in [1.29, 1.82) is 5.41 Å². The molecule has 1 aliphatic heterocycles. The molecule has 1 aromatic rings. The molecule has 2 rings (SSSR count). The molecule has 0 unspecified atom stereocenters. The van der Waals surface area contributed by atoms with Gasteiger partial charge in [0.25, 0.3) is 11.8 Å². The average molecular weight is 272 g/mol. The highest BCUT2D eigenvalue weighted by Gasteiger charge is 2.30. The van der Waals surface area contributed by atoms with Crippen molar-refractivity contribution in [3.8, 4) is 0 Å². The highest BCUT2D eigenvalue weighted by atomic mass is 32.1. The van der Waals surface area contributed by atoms with E-state index in [9.17, 15) is 9.59 Å². The highest BCUT2D eigenvalue weighted by Crippen LogP contribution is 2.30. The molecule has 96 valence electrons. The summed E-state index contributed by atoms with van der Waals surface area (Å²) < 4.78 is 0. The summed E-state index contributed by atoms with van der Waals surface area (Å²) >= 11 is 1.28. The van der Waals surface area contributed by atoms with Gasteiger partial charge in [-0.3, -0.25) is 20.3 Å². The molecule has 19 heavy (non-hydrogen) atoms. The van der Waals surface area contributed by atoms with Crippen LogP contribution in [0.25, 0.3) is 5.57 Å². The lowest BCUT2D eigenvalue weighted by molar-refractivity contribution is -0.114. The van der Waals surface area contributed by atoms with Crippen molar-refractivity contribution in [2.24, 2.45) is 0 Å². The van der Waals surface area contributed by atoms with E-state index in [1.54, 1.807) is 18.2 Å². The molecule has 1 aliphatic rings. The zero-order valence-corrected chi connectivity index (χ0v) is 11.1. The van der Waals surface area contributed by atoms with Crippen LogP contribution in [-0.4, -0.2) is 17.5 Å². The third-order valence-corrected chi connectivity index (χ3v) is 3.93. The molecule has 0 bridgehead atoms. The van der Waals surface area contributed by atoms with Gasteiger partial charge in [-0.1, -0.05) is 30.9 Å². The first-order chi connectivity index (χ1) is 9.04. The molecular formula is C14H12N2O2S. The zero-order valence-electron chi connectivity index (χ0n) is 10.3. The van der Waals surface area contributed by atoms with Gasteiger partial charge in [-0.05, 0) is 18.6 Å². The second kappa shape index (κ2) is 5.16. The largest absolute Gasteiger partial charge is 0.294 e. The van der Waals surface area contributed by atoms with Gasteiger partial charge in [0, 0.05) is 4.88 Å². The van der Waals surface area contributed by atoms with Crippen molar-refractivity contribution in [3.63, 3.8) is 0 Å². The highest BCUT2D eigenvalue weighted by molar-refractivity contribution is 7.16. The summed E-state index contributed by atoms with van der Waals surface area (Å²) in [6, 6.07) is 1.71. The topological polar surface area (TPSA) is 70.0 Å². The summed E-state index contributed by atoms with van der Waals surface area (Å²) in [5.41, 5.74) is 1.20. The van der Waals surface area contributed by atoms with Crippen molar-refractivity contribution in [2.75, 3.05) is 0 Å². The summed E-state index contributed by atoms with van der Waals surface area (Å²) in [5, 5.41) is 9.84. The van der Waals surface area contributed by atoms with E-state index >= 15 is 0 Å². The number of amides is 2. The number of imide groups is 1. The fourth-order valence-electron chi connectivity index (χ4n) is 1.64. The predicted octanol–water partition coefficient (Wildman–Crippen LogP) is 2.53. The maximum Gasteiger partial charge on any atom is 0.277 e. The third kappa shape index (κ3) is 2.46. The number of allylic oxidation sites excluding steroid dienone is 5. The number of carbonyl (C=O) groups excluding carboxylic acids is 2. The van der Waals surface area contributed by atoms with E-state index in [2.05, 4.69) is 11.9 Å². The minimum absolute atomic E-state index is 0.153. The van der Waals surface area contributed by atoms with Gasteiger partial charge < -0.3 is 0 Å². The molecule has 5 heteroatoms. The standard InChI is InChI=1S/C14H12N2O2S/c1-3-4-5-6-8(2)10-7-9-12(19-10)11(15)14(18)16-13(9)17/h3-7,15H,1H2,2H3,(H,16,17,18)/b5-4-,8-6+,15-11?. The molecule has 0 radical (unpaired) electrons. The number of hydrogen-bond donors (Lipinski definition) is 2. The lowest BCUT2D eigenvalue weighted by Crippen LogP contribution is -2.41. The van der Waals surface area contributed by atoms with E-state index in [-0.39, 0.29) is 5.71 Å². The van der Waals surface area contributed by atoms with E-state index in [0.29, 0.717) is 10.4 Å². The second-order valence-electron chi connectivity index (χ2n) is 3.98. The molecule has 0 aliphatic carbocycles. The number of rotatable bonds is 3. The number of carbonyl (C=O) groups is 2. The van der Waals surface area contributed by atoms with Gasteiger partial charge in [0.2, 0.25) is 0 Å². The van der Waals surface area contributed by atoms with E-state index < -0.39 is 11.8 Å². The van der Waals surface area contributed by atoms with Crippen LogP contribution in [0.2, 0.25) is 0 Å². The number of fused-ring (bicyclic) bond motifs is 1. The van der Waals surface area contributed by atoms with Crippen molar-refractivity contribution in [2.45, 2.75) is 6.92 Å². The van der Waals surface area contributed by atoms with Gasteiger partial charge in [0.1, 0.15) is 5.71 Å². The van der Waals surface area contributed by atoms with Crippen LogP contribution in [0, 0.1) is 5.41 Å². The van der Waals surface area contributed by atoms with Crippen molar-refractivity contribution in [1.82, 2.24) is 5.32 Å². The molecule has 4 nitrogen and oxygen atoms in total. The third-order valence-electron chi connectivity index (χ3n) is 2.64. The fourth-order valence-corrected chi connectivity index (χ4v) is 2.72. The van der Waals surface area contributed by atoms with Crippen LogP contribution in [0.3, 0.4) is 0 Å². The Morgan fingerprint density at radius 1 is 1.37 bits per heavy atom. The Balaban J connectivity index is 2.42. The Morgan fingerprint density at radius 2 is 2.11 bits per heavy atom. The molecule has 1 aromatic heterocycles. The SMILES string of the molecule is C=C/C=C\C=C(/C)c1cc2c(s1)C(=N)C(=O)NC2=O. The molecule has 0 aromatic carbocycles. The second-order valence-corrected chi connectivity index (χ2v) is 5.03. The minimum atomic E-state index is -0.640. The van der Waals surface area contributed by atoms with Gasteiger partial charge >= 0.3 is 0 Å². The van der Waals surface area contributed by atoms with Crippen LogP contribution in [0.4, 0.5) is 0 Å². The molecule has 0 saturated heterocycles. The molecule has 2 N–H and O–H groups in total. The summed E-state index contributed by atoms with van der Waals surface area (Å²) in [5.74, 6) is -1.08. The van der Waals surface area contributed by atoms with Gasteiger partial charge in [-0.25, -0.2) is 0 Å². The van der Waals surface area contributed by atoms with Crippen LogP contribution in [0.1, 0.15) is 27.0 Å². The van der Waals surface area contributed by atoms with Crippen LogP contribution in [0.15, 0.2) is 36.9 Å². The predicted molar refractivity (Wildman–Crippen MR) is 76.6 cm³/mol. The summed E-state index contributed by atoms with van der Waals surface area (Å²) in [6.07, 6.45) is 7.21. The normalized spacial score (nSPS) is 15.6. The Morgan fingerprint density at radius 3 is 2.79 bits per heavy atom. The van der Waals surface area contributed by atoms with Gasteiger partial charge in [-0.15, -0.1) is 11.3 Å². The first-order valence-electron chi connectivity index (χ1n) is 5.59. The molecule has 0 fully saturated rings. The maximum atomic E-state index is 11.7. The van der Waals surface area contributed by atoms with Crippen molar-refractivity contribution in [3.05, 3.63) is 52.3 Å². The smallest absolute Gasteiger partial charge is 0.277 e.